The summed E-state index contributed by atoms with van der Waals surface area (Å²) in [5, 5.41) is 0. The molecule has 4 rings (SSSR count). The summed E-state index contributed by atoms with van der Waals surface area (Å²) in [6.45, 7) is 7.73. The van der Waals surface area contributed by atoms with Gasteiger partial charge in [0, 0.05) is 18.5 Å². The fourth-order valence-electron chi connectivity index (χ4n) is 3.64. The van der Waals surface area contributed by atoms with E-state index in [9.17, 15) is 4.79 Å². The van der Waals surface area contributed by atoms with Crippen LogP contribution in [0.2, 0.25) is 0 Å². The van der Waals surface area contributed by atoms with Crippen molar-refractivity contribution in [2.45, 2.75) is 64.5 Å². The first-order valence-electron chi connectivity index (χ1n) is 9.82. The molecule has 0 aromatic carbocycles. The molecule has 0 radical (unpaired) electrons. The third-order valence-electron chi connectivity index (χ3n) is 5.56. The normalized spacial score (nSPS) is 19.3. The molecular formula is C20H28N4O2. The minimum absolute atomic E-state index is 0.0681. The molecule has 2 aromatic heterocycles. The quantitative estimate of drug-likeness (QED) is 0.795. The summed E-state index contributed by atoms with van der Waals surface area (Å²) < 4.78 is 7.64. The van der Waals surface area contributed by atoms with E-state index in [4.69, 9.17) is 4.42 Å². The predicted octanol–water partition coefficient (Wildman–Crippen LogP) is 3.14. The minimum Gasteiger partial charge on any atom is -0.444 e. The Balaban J connectivity index is 1.28. The smallest absolute Gasteiger partial charge is 0.253 e. The highest BCUT2D eigenvalue weighted by Crippen LogP contribution is 2.40. The standard InChI is InChI=1S/C20H28N4O2/c1-14(2)17-9-20(25)24(13-22-17)11-15-5-7-23(8-6-15)12-19-21-10-18(26-19)16-3-4-16/h9-10,13-16H,3-8,11-12H2,1-2H3. The second-order valence-corrected chi connectivity index (χ2v) is 8.11. The lowest BCUT2D eigenvalue weighted by Crippen LogP contribution is -2.36. The molecular weight excluding hydrogens is 328 g/mol. The highest BCUT2D eigenvalue weighted by molar-refractivity contribution is 5.08. The van der Waals surface area contributed by atoms with Gasteiger partial charge in [-0.2, -0.15) is 0 Å². The molecule has 2 aromatic rings. The predicted molar refractivity (Wildman–Crippen MR) is 99.1 cm³/mol. The molecule has 2 fully saturated rings. The first kappa shape index (κ1) is 17.5. The molecule has 3 heterocycles. The van der Waals surface area contributed by atoms with Gasteiger partial charge in [-0.3, -0.25) is 14.3 Å². The Morgan fingerprint density at radius 3 is 2.62 bits per heavy atom. The summed E-state index contributed by atoms with van der Waals surface area (Å²) in [7, 11) is 0. The molecule has 0 bridgehead atoms. The van der Waals surface area contributed by atoms with Crippen LogP contribution in [0.4, 0.5) is 0 Å². The molecule has 6 heteroatoms. The second kappa shape index (κ2) is 7.35. The van der Waals surface area contributed by atoms with Crippen molar-refractivity contribution in [1.82, 2.24) is 19.4 Å². The number of likely N-dealkylation sites (tertiary alicyclic amines) is 1. The van der Waals surface area contributed by atoms with E-state index in [-0.39, 0.29) is 11.5 Å². The monoisotopic (exact) mass is 356 g/mol. The third kappa shape index (κ3) is 4.06. The van der Waals surface area contributed by atoms with E-state index in [1.807, 2.05) is 6.20 Å². The molecule has 0 spiro atoms. The zero-order chi connectivity index (χ0) is 18.1. The molecule has 1 saturated carbocycles. The molecule has 1 aliphatic carbocycles. The number of piperidine rings is 1. The Labute approximate surface area is 154 Å². The highest BCUT2D eigenvalue weighted by atomic mass is 16.4. The average Bonchev–Trinajstić information content (AvgIpc) is 3.38. The van der Waals surface area contributed by atoms with Gasteiger partial charge in [-0.05, 0) is 50.6 Å². The van der Waals surface area contributed by atoms with E-state index < -0.39 is 0 Å². The van der Waals surface area contributed by atoms with E-state index in [0.29, 0.717) is 11.8 Å². The lowest BCUT2D eigenvalue weighted by atomic mass is 9.96. The van der Waals surface area contributed by atoms with Crippen LogP contribution in [0.15, 0.2) is 27.8 Å². The Morgan fingerprint density at radius 1 is 1.19 bits per heavy atom. The van der Waals surface area contributed by atoms with Gasteiger partial charge in [0.15, 0.2) is 0 Å². The van der Waals surface area contributed by atoms with Crippen molar-refractivity contribution in [1.29, 1.82) is 0 Å². The van der Waals surface area contributed by atoms with Crippen molar-refractivity contribution in [3.63, 3.8) is 0 Å². The van der Waals surface area contributed by atoms with Gasteiger partial charge in [0.05, 0.1) is 24.8 Å². The fourth-order valence-corrected chi connectivity index (χ4v) is 3.64. The summed E-state index contributed by atoms with van der Waals surface area (Å²) in [4.78, 5) is 23.5. The van der Waals surface area contributed by atoms with Crippen LogP contribution < -0.4 is 5.56 Å². The molecule has 26 heavy (non-hydrogen) atoms. The fraction of sp³-hybridized carbons (Fsp3) is 0.650. The zero-order valence-electron chi connectivity index (χ0n) is 15.7. The zero-order valence-corrected chi connectivity index (χ0v) is 15.7. The third-order valence-corrected chi connectivity index (χ3v) is 5.56. The summed E-state index contributed by atoms with van der Waals surface area (Å²) in [6, 6.07) is 1.68. The maximum absolute atomic E-state index is 12.3. The molecule has 0 N–H and O–H groups in total. The molecule has 1 saturated heterocycles. The maximum Gasteiger partial charge on any atom is 0.253 e. The van der Waals surface area contributed by atoms with Gasteiger partial charge in [-0.25, -0.2) is 9.97 Å². The minimum atomic E-state index is 0.0681. The lowest BCUT2D eigenvalue weighted by Gasteiger charge is -2.31. The van der Waals surface area contributed by atoms with Crippen LogP contribution in [0.5, 0.6) is 0 Å². The summed E-state index contributed by atoms with van der Waals surface area (Å²) in [6.07, 6.45) is 8.29. The molecule has 0 unspecified atom stereocenters. The number of hydrogen-bond donors (Lipinski definition) is 0. The van der Waals surface area contributed by atoms with Gasteiger partial charge in [0.1, 0.15) is 5.76 Å². The molecule has 6 nitrogen and oxygen atoms in total. The number of rotatable bonds is 6. The Morgan fingerprint density at radius 2 is 1.96 bits per heavy atom. The number of nitrogens with zero attached hydrogens (tertiary/aromatic N) is 4. The number of aromatic nitrogens is 3. The van der Waals surface area contributed by atoms with Crippen molar-refractivity contribution in [3.8, 4) is 0 Å². The van der Waals surface area contributed by atoms with Crippen LogP contribution in [0.3, 0.4) is 0 Å². The number of hydrogen-bond acceptors (Lipinski definition) is 5. The molecule has 0 atom stereocenters. The Hall–Kier alpha value is -1.95. The van der Waals surface area contributed by atoms with Gasteiger partial charge in [-0.1, -0.05) is 13.8 Å². The van der Waals surface area contributed by atoms with E-state index in [1.54, 1.807) is 17.0 Å². The van der Waals surface area contributed by atoms with Crippen molar-refractivity contribution < 1.29 is 4.42 Å². The van der Waals surface area contributed by atoms with E-state index >= 15 is 0 Å². The molecule has 2 aliphatic rings. The summed E-state index contributed by atoms with van der Waals surface area (Å²) in [5.74, 6) is 3.34. The van der Waals surface area contributed by atoms with E-state index in [2.05, 4.69) is 28.7 Å². The van der Waals surface area contributed by atoms with Crippen LogP contribution in [0.1, 0.15) is 68.7 Å². The van der Waals surface area contributed by atoms with Crippen LogP contribution in [0.25, 0.3) is 0 Å². The molecule has 0 amide bonds. The van der Waals surface area contributed by atoms with Gasteiger partial charge in [-0.15, -0.1) is 0 Å². The van der Waals surface area contributed by atoms with Gasteiger partial charge in [0.25, 0.3) is 5.56 Å². The van der Waals surface area contributed by atoms with Crippen LogP contribution >= 0.6 is 0 Å². The van der Waals surface area contributed by atoms with E-state index in [1.165, 1.54) is 12.8 Å². The lowest BCUT2D eigenvalue weighted by molar-refractivity contribution is 0.153. The molecule has 1 aliphatic heterocycles. The summed E-state index contributed by atoms with van der Waals surface area (Å²) >= 11 is 0. The second-order valence-electron chi connectivity index (χ2n) is 8.11. The van der Waals surface area contributed by atoms with Gasteiger partial charge in [0.2, 0.25) is 5.89 Å². The topological polar surface area (TPSA) is 64.2 Å². The van der Waals surface area contributed by atoms with Crippen LogP contribution in [-0.4, -0.2) is 32.5 Å². The Bertz CT molecular complexity index is 798. The first-order chi connectivity index (χ1) is 12.6. The molecule has 140 valence electrons. The number of oxazole rings is 1. The summed E-state index contributed by atoms with van der Waals surface area (Å²) in [5.41, 5.74) is 0.941. The largest absolute Gasteiger partial charge is 0.444 e. The van der Waals surface area contributed by atoms with Gasteiger partial charge >= 0.3 is 0 Å². The average molecular weight is 356 g/mol. The first-order valence-corrected chi connectivity index (χ1v) is 9.82. The highest BCUT2D eigenvalue weighted by Gasteiger charge is 2.28. The maximum atomic E-state index is 12.3. The van der Waals surface area contributed by atoms with Crippen molar-refractivity contribution in [2.75, 3.05) is 13.1 Å². The van der Waals surface area contributed by atoms with Gasteiger partial charge < -0.3 is 4.42 Å². The SMILES string of the molecule is CC(C)c1cc(=O)n(CC2CCN(Cc3ncc(C4CC4)o3)CC2)cn1. The van der Waals surface area contributed by atoms with Crippen LogP contribution in [-0.2, 0) is 13.1 Å². The Kier molecular flexibility index (Phi) is 4.94. The van der Waals surface area contributed by atoms with Crippen molar-refractivity contribution in [3.05, 3.63) is 46.3 Å². The van der Waals surface area contributed by atoms with Crippen molar-refractivity contribution >= 4 is 0 Å². The van der Waals surface area contributed by atoms with E-state index in [0.717, 1.165) is 56.4 Å². The van der Waals surface area contributed by atoms with Crippen LogP contribution in [0, 0.1) is 5.92 Å². The van der Waals surface area contributed by atoms with Crippen molar-refractivity contribution in [2.24, 2.45) is 5.92 Å².